The molecule has 0 radical (unpaired) electrons. The molecule has 0 atom stereocenters. The molecular weight excluding hydrogens is 248 g/mol. The third kappa shape index (κ3) is 3.04. The van der Waals surface area contributed by atoms with Crippen molar-refractivity contribution in [1.29, 1.82) is 5.26 Å². The van der Waals surface area contributed by atoms with Gasteiger partial charge in [0.05, 0.1) is 0 Å². The molecule has 0 N–H and O–H groups in total. The van der Waals surface area contributed by atoms with Gasteiger partial charge in [0.15, 0.2) is 5.78 Å². The van der Waals surface area contributed by atoms with Crippen LogP contribution in [0.5, 0.6) is 0 Å². The molecule has 100 valence electrons. The number of ketones is 1. The fourth-order valence-corrected chi connectivity index (χ4v) is 2.14. The van der Waals surface area contributed by atoms with Crippen LogP contribution in [0.15, 0.2) is 54.2 Å². The van der Waals surface area contributed by atoms with Crippen LogP contribution in [0.3, 0.4) is 0 Å². The van der Waals surface area contributed by atoms with E-state index in [2.05, 4.69) is 0 Å². The second-order valence-corrected chi connectivity index (χ2v) is 4.86. The molecule has 0 saturated heterocycles. The van der Waals surface area contributed by atoms with Crippen LogP contribution in [0, 0.1) is 11.3 Å². The minimum Gasteiger partial charge on any atom is -0.382 e. The zero-order chi connectivity index (χ0) is 14.5. The fourth-order valence-electron chi connectivity index (χ4n) is 2.14. The minimum absolute atomic E-state index is 0.155. The first-order valence-electron chi connectivity index (χ1n) is 6.40. The molecule has 0 amide bonds. The quantitative estimate of drug-likeness (QED) is 0.630. The van der Waals surface area contributed by atoms with E-state index < -0.39 is 0 Å². The topological polar surface area (TPSA) is 44.1 Å². The van der Waals surface area contributed by atoms with Gasteiger partial charge in [-0.25, -0.2) is 0 Å². The Bertz CT molecular complexity index is 703. The molecule has 0 aromatic heterocycles. The van der Waals surface area contributed by atoms with Crippen LogP contribution in [0.1, 0.15) is 5.56 Å². The molecule has 0 saturated carbocycles. The molecule has 20 heavy (non-hydrogen) atoms. The Kier molecular flexibility index (Phi) is 4.17. The van der Waals surface area contributed by atoms with Crippen molar-refractivity contribution in [3.05, 3.63) is 59.8 Å². The number of carbonyl (C=O) groups is 1. The molecule has 0 unspecified atom stereocenters. The number of benzene rings is 2. The average molecular weight is 264 g/mol. The van der Waals surface area contributed by atoms with Gasteiger partial charge in [0.2, 0.25) is 0 Å². The molecule has 3 nitrogen and oxygen atoms in total. The Hall–Kier alpha value is -2.60. The lowest BCUT2D eigenvalue weighted by Crippen LogP contribution is -2.10. The molecule has 0 heterocycles. The number of hydrogen-bond acceptors (Lipinski definition) is 3. The maximum absolute atomic E-state index is 12.2. The zero-order valence-electron chi connectivity index (χ0n) is 11.6. The Morgan fingerprint density at radius 2 is 1.90 bits per heavy atom. The zero-order valence-corrected chi connectivity index (χ0v) is 11.6. The van der Waals surface area contributed by atoms with Gasteiger partial charge in [0.25, 0.3) is 0 Å². The van der Waals surface area contributed by atoms with Crippen molar-refractivity contribution in [3.8, 4) is 6.07 Å². The van der Waals surface area contributed by atoms with Crippen LogP contribution >= 0.6 is 0 Å². The number of fused-ring (bicyclic) bond motifs is 1. The Morgan fingerprint density at radius 3 is 2.60 bits per heavy atom. The van der Waals surface area contributed by atoms with E-state index in [4.69, 9.17) is 5.26 Å². The first-order valence-corrected chi connectivity index (χ1v) is 6.40. The van der Waals surface area contributed by atoms with E-state index in [9.17, 15) is 4.79 Å². The Labute approximate surface area is 118 Å². The summed E-state index contributed by atoms with van der Waals surface area (Å²) in [5, 5.41) is 11.2. The lowest BCUT2D eigenvalue weighted by Gasteiger charge is -2.08. The van der Waals surface area contributed by atoms with Gasteiger partial charge in [-0.15, -0.1) is 0 Å². The van der Waals surface area contributed by atoms with Gasteiger partial charge in [-0.2, -0.15) is 5.26 Å². The van der Waals surface area contributed by atoms with Crippen molar-refractivity contribution in [1.82, 2.24) is 4.90 Å². The number of Topliss-reactive ketones (excluding diaryl/α,β-unsaturated/α-hetero) is 1. The monoisotopic (exact) mass is 264 g/mol. The highest BCUT2D eigenvalue weighted by Crippen LogP contribution is 2.19. The standard InChI is InChI=1S/C17H16N2O/c1-19(2)12-15(11-18)17(20)10-14-8-5-7-13-6-3-4-9-16(13)14/h3-9,12H,10H2,1-2H3. The second kappa shape index (κ2) is 6.03. The van der Waals surface area contributed by atoms with Crippen LogP contribution in [-0.4, -0.2) is 24.8 Å². The lowest BCUT2D eigenvalue weighted by atomic mass is 9.98. The summed E-state index contributed by atoms with van der Waals surface area (Å²) in [6.07, 6.45) is 1.81. The van der Waals surface area contributed by atoms with Crippen molar-refractivity contribution < 1.29 is 4.79 Å². The SMILES string of the molecule is CN(C)C=C(C#N)C(=O)Cc1cccc2ccccc12. The number of nitrogens with zero attached hydrogens (tertiary/aromatic N) is 2. The molecule has 2 aromatic carbocycles. The summed E-state index contributed by atoms with van der Waals surface area (Å²) in [7, 11) is 3.59. The van der Waals surface area contributed by atoms with E-state index >= 15 is 0 Å². The van der Waals surface area contributed by atoms with Gasteiger partial charge in [0.1, 0.15) is 11.6 Å². The Balaban J connectivity index is 2.33. The highest BCUT2D eigenvalue weighted by atomic mass is 16.1. The molecule has 0 aliphatic rings. The third-order valence-electron chi connectivity index (χ3n) is 3.04. The number of allylic oxidation sites excluding steroid dienone is 1. The number of carbonyl (C=O) groups excluding carboxylic acids is 1. The van der Waals surface area contributed by atoms with Crippen molar-refractivity contribution >= 4 is 16.6 Å². The van der Waals surface area contributed by atoms with E-state index in [0.717, 1.165) is 16.3 Å². The molecule has 0 aliphatic carbocycles. The lowest BCUT2D eigenvalue weighted by molar-refractivity contribution is -0.114. The highest BCUT2D eigenvalue weighted by molar-refractivity contribution is 6.02. The van der Waals surface area contributed by atoms with Crippen LogP contribution < -0.4 is 0 Å². The van der Waals surface area contributed by atoms with Gasteiger partial charge < -0.3 is 4.90 Å². The van der Waals surface area contributed by atoms with Gasteiger partial charge >= 0.3 is 0 Å². The number of rotatable bonds is 4. The molecule has 0 fully saturated rings. The summed E-state index contributed by atoms with van der Waals surface area (Å²) in [6, 6.07) is 15.8. The van der Waals surface area contributed by atoms with E-state index in [1.165, 1.54) is 0 Å². The molecule has 0 aliphatic heterocycles. The highest BCUT2D eigenvalue weighted by Gasteiger charge is 2.12. The normalized spacial score (nSPS) is 11.2. The van der Waals surface area contributed by atoms with Crippen LogP contribution in [0.4, 0.5) is 0 Å². The van der Waals surface area contributed by atoms with E-state index in [0.29, 0.717) is 0 Å². The summed E-state index contributed by atoms with van der Waals surface area (Å²) in [4.78, 5) is 13.9. The fraction of sp³-hybridized carbons (Fsp3) is 0.176. The van der Waals surface area contributed by atoms with Gasteiger partial charge in [-0.05, 0) is 16.3 Å². The molecule has 2 rings (SSSR count). The number of hydrogen-bond donors (Lipinski definition) is 0. The maximum atomic E-state index is 12.2. The maximum Gasteiger partial charge on any atom is 0.179 e. The summed E-state index contributed by atoms with van der Waals surface area (Å²) in [6.45, 7) is 0. The largest absolute Gasteiger partial charge is 0.382 e. The minimum atomic E-state index is -0.155. The summed E-state index contributed by atoms with van der Waals surface area (Å²) in [5.74, 6) is -0.155. The van der Waals surface area contributed by atoms with Crippen LogP contribution in [-0.2, 0) is 11.2 Å². The first kappa shape index (κ1) is 13.8. The molecule has 2 aromatic rings. The average Bonchev–Trinajstić information content (AvgIpc) is 2.45. The second-order valence-electron chi connectivity index (χ2n) is 4.86. The van der Waals surface area contributed by atoms with Crippen molar-refractivity contribution in [2.24, 2.45) is 0 Å². The summed E-state index contributed by atoms with van der Waals surface area (Å²) in [5.41, 5.74) is 1.14. The van der Waals surface area contributed by atoms with Crippen molar-refractivity contribution in [3.63, 3.8) is 0 Å². The first-order chi connectivity index (χ1) is 9.61. The summed E-state index contributed by atoms with van der Waals surface area (Å²) < 4.78 is 0. The van der Waals surface area contributed by atoms with Crippen LogP contribution in [0.2, 0.25) is 0 Å². The third-order valence-corrected chi connectivity index (χ3v) is 3.04. The van der Waals surface area contributed by atoms with Gasteiger partial charge in [0, 0.05) is 26.7 Å². The van der Waals surface area contributed by atoms with E-state index in [1.807, 2.05) is 48.5 Å². The summed E-state index contributed by atoms with van der Waals surface area (Å²) >= 11 is 0. The van der Waals surface area contributed by atoms with Gasteiger partial charge in [-0.1, -0.05) is 42.5 Å². The van der Waals surface area contributed by atoms with Gasteiger partial charge in [-0.3, -0.25) is 4.79 Å². The van der Waals surface area contributed by atoms with E-state index in [1.54, 1.807) is 25.2 Å². The predicted molar refractivity (Wildman–Crippen MR) is 80.0 cm³/mol. The smallest absolute Gasteiger partial charge is 0.179 e. The molecule has 0 bridgehead atoms. The number of nitriles is 1. The van der Waals surface area contributed by atoms with Crippen molar-refractivity contribution in [2.45, 2.75) is 6.42 Å². The molecule has 3 heteroatoms. The van der Waals surface area contributed by atoms with Crippen molar-refractivity contribution in [2.75, 3.05) is 14.1 Å². The van der Waals surface area contributed by atoms with E-state index in [-0.39, 0.29) is 17.8 Å². The molecular formula is C17H16N2O. The van der Waals surface area contributed by atoms with Crippen LogP contribution in [0.25, 0.3) is 10.8 Å². The Morgan fingerprint density at radius 1 is 1.20 bits per heavy atom. The predicted octanol–water partition coefficient (Wildman–Crippen LogP) is 2.92. The molecule has 0 spiro atoms.